The molecule has 0 amide bonds. The average Bonchev–Trinajstić information content (AvgIpc) is 2.82. The first kappa shape index (κ1) is 14.0. The van der Waals surface area contributed by atoms with Crippen LogP contribution in [0.15, 0.2) is 24.3 Å². The van der Waals surface area contributed by atoms with E-state index in [-0.39, 0.29) is 0 Å². The quantitative estimate of drug-likeness (QED) is 0.881. The number of aryl methyl sites for hydroxylation is 1. The minimum atomic E-state index is 0.790. The number of benzene rings is 1. The summed E-state index contributed by atoms with van der Waals surface area (Å²) in [4.78, 5) is 2.29. The Morgan fingerprint density at radius 1 is 1.26 bits per heavy atom. The van der Waals surface area contributed by atoms with Gasteiger partial charge in [-0.1, -0.05) is 42.5 Å². The van der Waals surface area contributed by atoms with Gasteiger partial charge in [0.05, 0.1) is 0 Å². The second kappa shape index (κ2) is 6.63. The lowest BCUT2D eigenvalue weighted by Crippen LogP contribution is -2.16. The van der Waals surface area contributed by atoms with E-state index < -0.39 is 0 Å². The summed E-state index contributed by atoms with van der Waals surface area (Å²) in [6.45, 7) is 6.97. The zero-order valence-corrected chi connectivity index (χ0v) is 12.5. The lowest BCUT2D eigenvalue weighted by atomic mass is 10.1. The molecule has 0 spiro atoms. The van der Waals surface area contributed by atoms with Gasteiger partial charge in [-0.25, -0.2) is 0 Å². The molecule has 0 saturated heterocycles. The minimum absolute atomic E-state index is 0.790. The molecule has 1 heterocycles. The highest BCUT2D eigenvalue weighted by atomic mass is 32.1. The summed E-state index contributed by atoms with van der Waals surface area (Å²) >= 11 is 1.58. The third-order valence-electron chi connectivity index (χ3n) is 2.95. The fraction of sp³-hybridized carbons (Fsp3) is 0.429. The Kier molecular flexibility index (Phi) is 4.87. The second-order valence-electron chi connectivity index (χ2n) is 4.63. The van der Waals surface area contributed by atoms with Crippen molar-refractivity contribution in [2.24, 2.45) is 0 Å². The Morgan fingerprint density at radius 3 is 2.74 bits per heavy atom. The van der Waals surface area contributed by atoms with E-state index >= 15 is 0 Å². The van der Waals surface area contributed by atoms with E-state index in [2.05, 4.69) is 58.7 Å². The second-order valence-corrected chi connectivity index (χ2v) is 5.81. The zero-order valence-electron chi connectivity index (χ0n) is 11.7. The third-order valence-corrected chi connectivity index (χ3v) is 3.75. The van der Waals surface area contributed by atoms with Crippen LogP contribution in [0.25, 0.3) is 0 Å². The molecule has 1 aromatic heterocycles. The van der Waals surface area contributed by atoms with Crippen LogP contribution in [-0.4, -0.2) is 28.7 Å². The maximum absolute atomic E-state index is 4.06. The number of hydrogen-bond donors (Lipinski definition) is 1. The summed E-state index contributed by atoms with van der Waals surface area (Å²) in [5.74, 6) is 0. The van der Waals surface area contributed by atoms with Gasteiger partial charge in [-0.05, 0) is 31.6 Å². The van der Waals surface area contributed by atoms with E-state index in [4.69, 9.17) is 0 Å². The van der Waals surface area contributed by atoms with Crippen molar-refractivity contribution in [3.63, 3.8) is 0 Å². The molecule has 0 saturated carbocycles. The van der Waals surface area contributed by atoms with Gasteiger partial charge in [0, 0.05) is 13.1 Å². The summed E-state index contributed by atoms with van der Waals surface area (Å²) in [5.41, 5.74) is 2.62. The zero-order chi connectivity index (χ0) is 13.7. The topological polar surface area (TPSA) is 41.0 Å². The van der Waals surface area contributed by atoms with Crippen LogP contribution in [0.4, 0.5) is 5.13 Å². The van der Waals surface area contributed by atoms with Gasteiger partial charge < -0.3 is 10.2 Å². The van der Waals surface area contributed by atoms with Crippen LogP contribution < -0.4 is 5.32 Å². The van der Waals surface area contributed by atoms with Crippen molar-refractivity contribution in [1.29, 1.82) is 0 Å². The number of anilines is 1. The molecule has 1 N–H and O–H groups in total. The monoisotopic (exact) mass is 276 g/mol. The molecule has 0 bridgehead atoms. The molecule has 5 heteroatoms. The van der Waals surface area contributed by atoms with Crippen molar-refractivity contribution in [2.45, 2.75) is 26.9 Å². The molecule has 19 heavy (non-hydrogen) atoms. The standard InChI is InChI=1S/C14H20N4S/c1-4-18(3)10-13-7-5-6-12(8-13)9-15-14-17-16-11(2)19-14/h5-8H,4,9-10H2,1-3H3,(H,15,17). The molecule has 0 aliphatic rings. The van der Waals surface area contributed by atoms with Crippen LogP contribution in [0.1, 0.15) is 23.1 Å². The third kappa shape index (κ3) is 4.29. The molecule has 2 rings (SSSR count). The molecule has 0 atom stereocenters. The summed E-state index contributed by atoms with van der Waals surface area (Å²) in [6.07, 6.45) is 0. The number of aromatic nitrogens is 2. The van der Waals surface area contributed by atoms with E-state index in [1.54, 1.807) is 11.3 Å². The number of nitrogens with one attached hydrogen (secondary N) is 1. The van der Waals surface area contributed by atoms with E-state index in [9.17, 15) is 0 Å². The Labute approximate surface area is 118 Å². The van der Waals surface area contributed by atoms with Crippen LogP contribution >= 0.6 is 11.3 Å². The van der Waals surface area contributed by atoms with Crippen molar-refractivity contribution >= 4 is 16.5 Å². The Hall–Kier alpha value is -1.46. The lowest BCUT2D eigenvalue weighted by molar-refractivity contribution is 0.345. The Morgan fingerprint density at radius 2 is 2.05 bits per heavy atom. The molecule has 2 aromatic rings. The highest BCUT2D eigenvalue weighted by molar-refractivity contribution is 7.15. The highest BCUT2D eigenvalue weighted by Crippen LogP contribution is 2.15. The highest BCUT2D eigenvalue weighted by Gasteiger charge is 2.02. The molecule has 0 aliphatic carbocycles. The average molecular weight is 276 g/mol. The minimum Gasteiger partial charge on any atom is -0.356 e. The lowest BCUT2D eigenvalue weighted by Gasteiger charge is -2.14. The van der Waals surface area contributed by atoms with Crippen LogP contribution in [0, 0.1) is 6.92 Å². The summed E-state index contributed by atoms with van der Waals surface area (Å²) < 4.78 is 0. The van der Waals surface area contributed by atoms with E-state index in [0.717, 1.165) is 29.8 Å². The van der Waals surface area contributed by atoms with Crippen LogP contribution in [-0.2, 0) is 13.1 Å². The van der Waals surface area contributed by atoms with E-state index in [1.165, 1.54) is 11.1 Å². The Bertz CT molecular complexity index is 524. The van der Waals surface area contributed by atoms with Crippen molar-refractivity contribution in [2.75, 3.05) is 18.9 Å². The summed E-state index contributed by atoms with van der Waals surface area (Å²) in [6, 6.07) is 8.66. The fourth-order valence-electron chi connectivity index (χ4n) is 1.81. The van der Waals surface area contributed by atoms with Crippen molar-refractivity contribution < 1.29 is 0 Å². The molecular formula is C14H20N4S. The van der Waals surface area contributed by atoms with Gasteiger partial charge in [0.25, 0.3) is 0 Å². The van der Waals surface area contributed by atoms with Gasteiger partial charge in [-0.15, -0.1) is 10.2 Å². The summed E-state index contributed by atoms with van der Waals surface area (Å²) in [5, 5.41) is 13.2. The molecule has 0 fully saturated rings. The molecule has 0 radical (unpaired) electrons. The van der Waals surface area contributed by atoms with Gasteiger partial charge in [-0.3, -0.25) is 0 Å². The van der Waals surface area contributed by atoms with Gasteiger partial charge >= 0.3 is 0 Å². The molecule has 4 nitrogen and oxygen atoms in total. The molecule has 0 aliphatic heterocycles. The van der Waals surface area contributed by atoms with Gasteiger partial charge in [-0.2, -0.15) is 0 Å². The maximum Gasteiger partial charge on any atom is 0.205 e. The SMILES string of the molecule is CCN(C)Cc1cccc(CNc2nnc(C)s2)c1. The van der Waals surface area contributed by atoms with Gasteiger partial charge in [0.15, 0.2) is 0 Å². The first-order valence-electron chi connectivity index (χ1n) is 6.47. The largest absolute Gasteiger partial charge is 0.356 e. The predicted octanol–water partition coefficient (Wildman–Crippen LogP) is 2.91. The van der Waals surface area contributed by atoms with Crippen LogP contribution in [0.2, 0.25) is 0 Å². The molecule has 0 unspecified atom stereocenters. The molecular weight excluding hydrogens is 256 g/mol. The predicted molar refractivity (Wildman–Crippen MR) is 80.4 cm³/mol. The van der Waals surface area contributed by atoms with Gasteiger partial charge in [0.2, 0.25) is 5.13 Å². The molecule has 102 valence electrons. The fourth-order valence-corrected chi connectivity index (χ4v) is 2.39. The van der Waals surface area contributed by atoms with Crippen LogP contribution in [0.5, 0.6) is 0 Å². The maximum atomic E-state index is 4.06. The number of rotatable bonds is 6. The first-order valence-corrected chi connectivity index (χ1v) is 7.29. The van der Waals surface area contributed by atoms with Crippen molar-refractivity contribution in [3.8, 4) is 0 Å². The van der Waals surface area contributed by atoms with Crippen molar-refractivity contribution in [3.05, 3.63) is 40.4 Å². The molecule has 1 aromatic carbocycles. The van der Waals surface area contributed by atoms with Crippen molar-refractivity contribution in [1.82, 2.24) is 15.1 Å². The number of nitrogens with zero attached hydrogens (tertiary/aromatic N) is 3. The Balaban J connectivity index is 1.95. The van der Waals surface area contributed by atoms with Gasteiger partial charge in [0.1, 0.15) is 5.01 Å². The van der Waals surface area contributed by atoms with E-state index in [0.29, 0.717) is 0 Å². The smallest absolute Gasteiger partial charge is 0.205 e. The summed E-state index contributed by atoms with van der Waals surface area (Å²) in [7, 11) is 2.13. The number of hydrogen-bond acceptors (Lipinski definition) is 5. The van der Waals surface area contributed by atoms with Crippen LogP contribution in [0.3, 0.4) is 0 Å². The van der Waals surface area contributed by atoms with E-state index in [1.807, 2.05) is 6.92 Å². The first-order chi connectivity index (χ1) is 9.17. The normalized spacial score (nSPS) is 10.9.